The van der Waals surface area contributed by atoms with Gasteiger partial charge in [0.1, 0.15) is 18.1 Å². The Kier molecular flexibility index (Phi) is 7.22. The molecule has 0 N–H and O–H groups in total. The number of hydrogen-bond donors (Lipinski definition) is 0. The highest BCUT2D eigenvalue weighted by molar-refractivity contribution is 5.94. The minimum Gasteiger partial charge on any atom is -0.493 e. The van der Waals surface area contributed by atoms with Gasteiger partial charge >= 0.3 is 5.97 Å². The van der Waals surface area contributed by atoms with E-state index in [-0.39, 0.29) is 19.0 Å². The molecule has 0 fully saturated rings. The van der Waals surface area contributed by atoms with Crippen molar-refractivity contribution in [3.8, 4) is 22.6 Å². The van der Waals surface area contributed by atoms with Gasteiger partial charge in [0.2, 0.25) is 0 Å². The molecule has 0 atom stereocenters. The van der Waals surface area contributed by atoms with E-state index < -0.39 is 5.97 Å². The van der Waals surface area contributed by atoms with Crippen LogP contribution in [0.4, 0.5) is 0 Å². The van der Waals surface area contributed by atoms with Crippen molar-refractivity contribution < 1.29 is 23.8 Å². The van der Waals surface area contributed by atoms with Crippen molar-refractivity contribution in [3.05, 3.63) is 83.9 Å². The second-order valence-corrected chi connectivity index (χ2v) is 6.62. The molecule has 5 nitrogen and oxygen atoms in total. The normalized spacial score (nSPS) is 10.3. The number of benzene rings is 3. The second kappa shape index (κ2) is 10.3. The van der Waals surface area contributed by atoms with Crippen LogP contribution in [0, 0.1) is 0 Å². The fourth-order valence-corrected chi connectivity index (χ4v) is 2.99. The summed E-state index contributed by atoms with van der Waals surface area (Å²) in [6.07, 6.45) is 0. The van der Waals surface area contributed by atoms with Gasteiger partial charge in [0, 0.05) is 16.7 Å². The summed E-state index contributed by atoms with van der Waals surface area (Å²) in [4.78, 5) is 23.9. The molecule has 0 heterocycles. The fraction of sp³-hybridized carbons (Fsp3) is 0.200. The molecular weight excluding hydrogens is 380 g/mol. The van der Waals surface area contributed by atoms with Crippen LogP contribution in [0.25, 0.3) is 11.1 Å². The highest BCUT2D eigenvalue weighted by atomic mass is 16.6. The Balaban J connectivity index is 1.64. The molecule has 154 valence electrons. The molecule has 0 aliphatic rings. The first-order valence-electron chi connectivity index (χ1n) is 9.78. The van der Waals surface area contributed by atoms with Crippen LogP contribution in [0.15, 0.2) is 72.8 Å². The maximum Gasteiger partial charge on any atom is 0.344 e. The molecule has 30 heavy (non-hydrogen) atoms. The van der Waals surface area contributed by atoms with Crippen LogP contribution in [0.5, 0.6) is 11.5 Å². The summed E-state index contributed by atoms with van der Waals surface area (Å²) < 4.78 is 16.6. The van der Waals surface area contributed by atoms with Crippen LogP contribution in [0.1, 0.15) is 29.8 Å². The standard InChI is InChI=1S/C25H24O5/c1-3-28-23-14-13-20(18(2)26)15-21(23)16-30-25(27)17-29-24-12-8-7-11-22(24)19-9-5-4-6-10-19/h4-15H,3,16-17H2,1-2H3. The lowest BCUT2D eigenvalue weighted by Crippen LogP contribution is -2.15. The topological polar surface area (TPSA) is 61.8 Å². The predicted octanol–water partition coefficient (Wildman–Crippen LogP) is 5.08. The quantitative estimate of drug-likeness (QED) is 0.368. The Bertz CT molecular complexity index is 1010. The summed E-state index contributed by atoms with van der Waals surface area (Å²) in [5, 5.41) is 0. The smallest absolute Gasteiger partial charge is 0.344 e. The van der Waals surface area contributed by atoms with Crippen molar-refractivity contribution >= 4 is 11.8 Å². The first kappa shape index (κ1) is 21.1. The van der Waals surface area contributed by atoms with E-state index in [4.69, 9.17) is 14.2 Å². The first-order chi connectivity index (χ1) is 14.6. The third-order valence-corrected chi connectivity index (χ3v) is 4.47. The zero-order valence-corrected chi connectivity index (χ0v) is 17.1. The van der Waals surface area contributed by atoms with E-state index in [1.807, 2.05) is 61.5 Å². The molecule has 0 spiro atoms. The Morgan fingerprint density at radius 1 is 0.833 bits per heavy atom. The Morgan fingerprint density at radius 3 is 2.30 bits per heavy atom. The number of hydrogen-bond acceptors (Lipinski definition) is 5. The largest absolute Gasteiger partial charge is 0.493 e. The molecule has 0 aliphatic heterocycles. The number of ether oxygens (including phenoxy) is 3. The number of ketones is 1. The minimum atomic E-state index is -0.506. The highest BCUT2D eigenvalue weighted by Crippen LogP contribution is 2.29. The molecule has 0 saturated carbocycles. The van der Waals surface area contributed by atoms with Crippen molar-refractivity contribution in [2.24, 2.45) is 0 Å². The van der Waals surface area contributed by atoms with Crippen LogP contribution < -0.4 is 9.47 Å². The van der Waals surface area contributed by atoms with E-state index in [0.717, 1.165) is 11.1 Å². The first-order valence-corrected chi connectivity index (χ1v) is 9.78. The molecule has 3 rings (SSSR count). The summed E-state index contributed by atoms with van der Waals surface area (Å²) in [5.74, 6) is 0.625. The average Bonchev–Trinajstić information content (AvgIpc) is 2.78. The molecule has 3 aromatic carbocycles. The van der Waals surface area contributed by atoms with Gasteiger partial charge in [-0.2, -0.15) is 0 Å². The van der Waals surface area contributed by atoms with Crippen molar-refractivity contribution in [2.45, 2.75) is 20.5 Å². The summed E-state index contributed by atoms with van der Waals surface area (Å²) in [6.45, 7) is 3.61. The van der Waals surface area contributed by atoms with E-state index >= 15 is 0 Å². The van der Waals surface area contributed by atoms with Crippen molar-refractivity contribution in [1.82, 2.24) is 0 Å². The molecule has 0 aromatic heterocycles. The third kappa shape index (κ3) is 5.47. The van der Waals surface area contributed by atoms with Gasteiger partial charge < -0.3 is 14.2 Å². The zero-order valence-electron chi connectivity index (χ0n) is 17.1. The Labute approximate surface area is 176 Å². The number of carbonyl (C=O) groups excluding carboxylic acids is 2. The zero-order chi connectivity index (χ0) is 21.3. The predicted molar refractivity (Wildman–Crippen MR) is 115 cm³/mol. The van der Waals surface area contributed by atoms with E-state index in [0.29, 0.717) is 29.2 Å². The second-order valence-electron chi connectivity index (χ2n) is 6.62. The van der Waals surface area contributed by atoms with E-state index in [1.165, 1.54) is 6.92 Å². The summed E-state index contributed by atoms with van der Waals surface area (Å²) in [7, 11) is 0. The number of Topliss-reactive ketones (excluding diaryl/α,β-unsaturated/α-hetero) is 1. The van der Waals surface area contributed by atoms with Crippen molar-refractivity contribution in [3.63, 3.8) is 0 Å². The number of carbonyl (C=O) groups is 2. The summed E-state index contributed by atoms with van der Waals surface area (Å²) >= 11 is 0. The molecule has 0 radical (unpaired) electrons. The van der Waals surface area contributed by atoms with Crippen LogP contribution in [0.3, 0.4) is 0 Å². The van der Waals surface area contributed by atoms with Gasteiger partial charge in [0.15, 0.2) is 12.4 Å². The number of rotatable bonds is 9. The fourth-order valence-electron chi connectivity index (χ4n) is 2.99. The number of para-hydroxylation sites is 1. The molecule has 0 saturated heterocycles. The monoisotopic (exact) mass is 404 g/mol. The molecular formula is C25H24O5. The van der Waals surface area contributed by atoms with Crippen LogP contribution in [-0.2, 0) is 16.1 Å². The average molecular weight is 404 g/mol. The molecule has 0 aliphatic carbocycles. The Hall–Kier alpha value is -3.60. The van der Waals surface area contributed by atoms with Crippen LogP contribution in [-0.4, -0.2) is 25.0 Å². The molecule has 5 heteroatoms. The van der Waals surface area contributed by atoms with Gasteiger partial charge in [-0.15, -0.1) is 0 Å². The summed E-state index contributed by atoms with van der Waals surface area (Å²) in [5.41, 5.74) is 3.09. The van der Waals surface area contributed by atoms with Gasteiger partial charge in [0.25, 0.3) is 0 Å². The van der Waals surface area contributed by atoms with Gasteiger partial charge in [-0.3, -0.25) is 4.79 Å². The number of esters is 1. The van der Waals surface area contributed by atoms with Crippen molar-refractivity contribution in [1.29, 1.82) is 0 Å². The maximum absolute atomic E-state index is 12.3. The van der Waals surface area contributed by atoms with E-state index in [1.54, 1.807) is 18.2 Å². The Morgan fingerprint density at radius 2 is 1.57 bits per heavy atom. The molecule has 3 aromatic rings. The lowest BCUT2D eigenvalue weighted by molar-refractivity contribution is -0.147. The highest BCUT2D eigenvalue weighted by Gasteiger charge is 2.12. The van der Waals surface area contributed by atoms with E-state index in [9.17, 15) is 9.59 Å². The van der Waals surface area contributed by atoms with Gasteiger partial charge in [-0.1, -0.05) is 48.5 Å². The molecule has 0 amide bonds. The lowest BCUT2D eigenvalue weighted by atomic mass is 10.1. The van der Waals surface area contributed by atoms with Gasteiger partial charge in [0.05, 0.1) is 6.61 Å². The summed E-state index contributed by atoms with van der Waals surface area (Å²) in [6, 6.07) is 22.5. The van der Waals surface area contributed by atoms with E-state index in [2.05, 4.69) is 0 Å². The maximum atomic E-state index is 12.3. The van der Waals surface area contributed by atoms with Gasteiger partial charge in [-0.25, -0.2) is 4.79 Å². The lowest BCUT2D eigenvalue weighted by Gasteiger charge is -2.13. The van der Waals surface area contributed by atoms with Crippen LogP contribution >= 0.6 is 0 Å². The van der Waals surface area contributed by atoms with Gasteiger partial charge in [-0.05, 0) is 43.7 Å². The third-order valence-electron chi connectivity index (χ3n) is 4.47. The molecule has 0 bridgehead atoms. The SMILES string of the molecule is CCOc1ccc(C(C)=O)cc1COC(=O)COc1ccccc1-c1ccccc1. The van der Waals surface area contributed by atoms with Crippen LogP contribution in [0.2, 0.25) is 0 Å². The molecule has 0 unspecified atom stereocenters. The van der Waals surface area contributed by atoms with Crippen molar-refractivity contribution in [2.75, 3.05) is 13.2 Å². The minimum absolute atomic E-state index is 0.00101.